The number of alkyl halides is 1. The molecule has 16 heavy (non-hydrogen) atoms. The number of carboxylic acids is 1. The molecule has 0 radical (unpaired) electrons. The molecule has 1 heterocycles. The summed E-state index contributed by atoms with van der Waals surface area (Å²) in [7, 11) is 0. The third-order valence-corrected chi connectivity index (χ3v) is 2.97. The van der Waals surface area contributed by atoms with Crippen LogP contribution in [0.2, 0.25) is 0 Å². The Morgan fingerprint density at radius 1 is 1.69 bits per heavy atom. The summed E-state index contributed by atoms with van der Waals surface area (Å²) in [5, 5.41) is 13.4. The summed E-state index contributed by atoms with van der Waals surface area (Å²) in [6, 6.07) is 0. The van der Waals surface area contributed by atoms with E-state index in [0.29, 0.717) is 17.2 Å². The monoisotopic (exact) mass is 262 g/mol. The number of carboxylic acid groups (broad SMARTS) is 1. The summed E-state index contributed by atoms with van der Waals surface area (Å²) in [5.41, 5.74) is 0.463. The van der Waals surface area contributed by atoms with Crippen molar-refractivity contribution in [2.24, 2.45) is 0 Å². The third kappa shape index (κ3) is 3.18. The van der Waals surface area contributed by atoms with E-state index >= 15 is 0 Å². The molecule has 5 nitrogen and oxygen atoms in total. The van der Waals surface area contributed by atoms with E-state index in [1.165, 1.54) is 11.3 Å². The number of aromatic nitrogens is 1. The number of nitrogens with one attached hydrogen (secondary N) is 1. The second-order valence-electron chi connectivity index (χ2n) is 3.06. The lowest BCUT2D eigenvalue weighted by Gasteiger charge is -2.04. The molecule has 1 atom stereocenters. The first-order valence-electron chi connectivity index (χ1n) is 4.62. The second kappa shape index (κ2) is 5.81. The van der Waals surface area contributed by atoms with E-state index in [9.17, 15) is 9.59 Å². The van der Waals surface area contributed by atoms with Crippen LogP contribution >= 0.6 is 22.9 Å². The van der Waals surface area contributed by atoms with Gasteiger partial charge in [0.1, 0.15) is 5.88 Å². The second-order valence-corrected chi connectivity index (χ2v) is 4.18. The summed E-state index contributed by atoms with van der Waals surface area (Å²) in [6.07, 6.45) is 0.460. The highest BCUT2D eigenvalue weighted by atomic mass is 35.5. The van der Waals surface area contributed by atoms with Crippen molar-refractivity contribution in [2.45, 2.75) is 19.3 Å². The quantitative estimate of drug-likeness (QED) is 0.795. The molecule has 7 heteroatoms. The fourth-order valence-electron chi connectivity index (χ4n) is 1.17. The summed E-state index contributed by atoms with van der Waals surface area (Å²) in [4.78, 5) is 25.9. The van der Waals surface area contributed by atoms with Gasteiger partial charge in [0.05, 0.1) is 11.6 Å². The number of amides is 1. The lowest BCUT2D eigenvalue weighted by atomic mass is 10.0. The van der Waals surface area contributed by atoms with Crippen LogP contribution in [0, 0.1) is 0 Å². The van der Waals surface area contributed by atoms with Crippen molar-refractivity contribution >= 4 is 39.9 Å². The van der Waals surface area contributed by atoms with Gasteiger partial charge in [-0.3, -0.25) is 9.59 Å². The zero-order valence-electron chi connectivity index (χ0n) is 8.57. The first-order valence-corrected chi connectivity index (χ1v) is 6.04. The lowest BCUT2D eigenvalue weighted by molar-refractivity contribution is -0.138. The van der Waals surface area contributed by atoms with Gasteiger partial charge in [-0.2, -0.15) is 0 Å². The van der Waals surface area contributed by atoms with Crippen molar-refractivity contribution in [3.05, 3.63) is 11.1 Å². The van der Waals surface area contributed by atoms with Crippen molar-refractivity contribution in [2.75, 3.05) is 11.2 Å². The molecule has 1 rings (SSSR count). The number of aliphatic carboxylic acids is 1. The molecule has 0 saturated heterocycles. The standard InChI is InChI=1S/C9H11ClN2O3S/c1-2-5(8(14)15)6-4-16-9(11-6)12-7(13)3-10/h4-5H,2-3H2,1H3,(H,14,15)(H,11,12,13). The number of rotatable bonds is 5. The fourth-order valence-corrected chi connectivity index (χ4v) is 2.01. The summed E-state index contributed by atoms with van der Waals surface area (Å²) in [5.74, 6) is -2.04. The number of thiazole rings is 1. The molecule has 0 spiro atoms. The van der Waals surface area contributed by atoms with Crippen molar-refractivity contribution in [3.8, 4) is 0 Å². The zero-order chi connectivity index (χ0) is 12.1. The molecular weight excluding hydrogens is 252 g/mol. The molecule has 2 N–H and O–H groups in total. The first-order chi connectivity index (χ1) is 7.58. The minimum Gasteiger partial charge on any atom is -0.481 e. The molecule has 0 saturated carbocycles. The van der Waals surface area contributed by atoms with E-state index in [2.05, 4.69) is 10.3 Å². The predicted molar refractivity (Wildman–Crippen MR) is 62.1 cm³/mol. The zero-order valence-corrected chi connectivity index (χ0v) is 10.1. The highest BCUT2D eigenvalue weighted by Crippen LogP contribution is 2.24. The molecule has 1 aromatic heterocycles. The first kappa shape index (κ1) is 12.9. The molecule has 1 aromatic rings. The Kier molecular flexibility index (Phi) is 4.70. The van der Waals surface area contributed by atoms with Crippen LogP contribution in [0.5, 0.6) is 0 Å². The minimum absolute atomic E-state index is 0.148. The van der Waals surface area contributed by atoms with E-state index in [0.717, 1.165) is 0 Å². The van der Waals surface area contributed by atoms with Crippen LogP contribution in [0.3, 0.4) is 0 Å². The number of hydrogen-bond donors (Lipinski definition) is 2. The number of carbonyl (C=O) groups excluding carboxylic acids is 1. The number of hydrogen-bond acceptors (Lipinski definition) is 4. The molecule has 1 amide bonds. The molecule has 1 unspecified atom stereocenters. The van der Waals surface area contributed by atoms with Crippen molar-refractivity contribution in [1.29, 1.82) is 0 Å². The Morgan fingerprint density at radius 2 is 2.38 bits per heavy atom. The van der Waals surface area contributed by atoms with Gasteiger partial charge in [-0.15, -0.1) is 22.9 Å². The van der Waals surface area contributed by atoms with E-state index in [1.54, 1.807) is 12.3 Å². The SMILES string of the molecule is CCC(C(=O)O)c1csc(NC(=O)CCl)n1. The van der Waals surface area contributed by atoms with Crippen LogP contribution < -0.4 is 5.32 Å². The van der Waals surface area contributed by atoms with Gasteiger partial charge in [0.15, 0.2) is 5.13 Å². The largest absolute Gasteiger partial charge is 0.481 e. The molecule has 0 fully saturated rings. The van der Waals surface area contributed by atoms with Crippen LogP contribution in [-0.2, 0) is 9.59 Å². The smallest absolute Gasteiger partial charge is 0.312 e. The van der Waals surface area contributed by atoms with Crippen molar-refractivity contribution in [3.63, 3.8) is 0 Å². The van der Waals surface area contributed by atoms with E-state index in [4.69, 9.17) is 16.7 Å². The fraction of sp³-hybridized carbons (Fsp3) is 0.444. The van der Waals surface area contributed by atoms with Crippen LogP contribution in [0.4, 0.5) is 5.13 Å². The maximum absolute atomic E-state index is 11.0. The molecule has 0 aliphatic carbocycles. The number of carbonyl (C=O) groups is 2. The highest BCUT2D eigenvalue weighted by molar-refractivity contribution is 7.14. The van der Waals surface area contributed by atoms with E-state index < -0.39 is 11.9 Å². The number of anilines is 1. The van der Waals surface area contributed by atoms with Crippen molar-refractivity contribution in [1.82, 2.24) is 4.98 Å². The van der Waals surface area contributed by atoms with Gasteiger partial charge in [0.25, 0.3) is 0 Å². The number of halogens is 1. The van der Waals surface area contributed by atoms with Gasteiger partial charge in [-0.05, 0) is 6.42 Å². The van der Waals surface area contributed by atoms with Crippen LogP contribution in [0.25, 0.3) is 0 Å². The van der Waals surface area contributed by atoms with Crippen molar-refractivity contribution < 1.29 is 14.7 Å². The van der Waals surface area contributed by atoms with Gasteiger partial charge >= 0.3 is 5.97 Å². The summed E-state index contributed by atoms with van der Waals surface area (Å²) >= 11 is 6.51. The Labute approximate surface area is 101 Å². The van der Waals surface area contributed by atoms with Gasteiger partial charge < -0.3 is 10.4 Å². The maximum atomic E-state index is 11.0. The van der Waals surface area contributed by atoms with Gasteiger partial charge in [-0.1, -0.05) is 6.92 Å². The topological polar surface area (TPSA) is 79.3 Å². The molecule has 0 aliphatic rings. The van der Waals surface area contributed by atoms with Gasteiger partial charge in [0.2, 0.25) is 5.91 Å². The normalized spacial score (nSPS) is 12.1. The summed E-state index contributed by atoms with van der Waals surface area (Å²) in [6.45, 7) is 1.77. The molecule has 0 aromatic carbocycles. The third-order valence-electron chi connectivity index (χ3n) is 1.95. The predicted octanol–water partition coefficient (Wildman–Crippen LogP) is 1.90. The van der Waals surface area contributed by atoms with Crippen LogP contribution in [0.15, 0.2) is 5.38 Å². The molecule has 0 bridgehead atoms. The van der Waals surface area contributed by atoms with E-state index in [-0.39, 0.29) is 11.8 Å². The Hall–Kier alpha value is -1.14. The number of nitrogens with zero attached hydrogens (tertiary/aromatic N) is 1. The molecular formula is C9H11ClN2O3S. The Morgan fingerprint density at radius 3 is 2.88 bits per heavy atom. The Balaban J connectivity index is 2.77. The maximum Gasteiger partial charge on any atom is 0.312 e. The Bertz CT molecular complexity index is 394. The van der Waals surface area contributed by atoms with Crippen LogP contribution in [-0.4, -0.2) is 27.8 Å². The molecule has 0 aliphatic heterocycles. The van der Waals surface area contributed by atoms with Gasteiger partial charge in [0, 0.05) is 5.38 Å². The highest BCUT2D eigenvalue weighted by Gasteiger charge is 2.20. The average Bonchev–Trinajstić information content (AvgIpc) is 2.66. The lowest BCUT2D eigenvalue weighted by Crippen LogP contribution is -2.13. The van der Waals surface area contributed by atoms with Gasteiger partial charge in [-0.25, -0.2) is 4.98 Å². The summed E-state index contributed by atoms with van der Waals surface area (Å²) < 4.78 is 0. The minimum atomic E-state index is -0.914. The van der Waals surface area contributed by atoms with Crippen LogP contribution in [0.1, 0.15) is 25.0 Å². The molecule has 88 valence electrons. The average molecular weight is 263 g/mol. The van der Waals surface area contributed by atoms with E-state index in [1.807, 2.05) is 0 Å².